The van der Waals surface area contributed by atoms with Gasteiger partial charge in [0, 0.05) is 16.7 Å². The Morgan fingerprint density at radius 3 is 2.76 bits per heavy atom. The Kier molecular flexibility index (Phi) is 5.29. The van der Waals surface area contributed by atoms with Crippen molar-refractivity contribution in [2.24, 2.45) is 11.8 Å². The van der Waals surface area contributed by atoms with Gasteiger partial charge in [-0.3, -0.25) is 0 Å². The zero-order valence-corrected chi connectivity index (χ0v) is 13.1. The average molecular weight is 309 g/mol. The summed E-state index contributed by atoms with van der Waals surface area (Å²) in [6.07, 6.45) is 6.05. The molecule has 0 aromatic heterocycles. The largest absolute Gasteiger partial charge is 0.490 e. The van der Waals surface area contributed by atoms with E-state index in [0.29, 0.717) is 22.3 Å². The van der Waals surface area contributed by atoms with Crippen LogP contribution in [0.4, 0.5) is 0 Å². The summed E-state index contributed by atoms with van der Waals surface area (Å²) in [6.45, 7) is 4.54. The molecule has 1 aromatic rings. The van der Waals surface area contributed by atoms with Crippen molar-refractivity contribution in [3.05, 3.63) is 34.9 Å². The second-order valence-electron chi connectivity index (χ2n) is 5.86. The molecule has 0 spiro atoms. The van der Waals surface area contributed by atoms with Gasteiger partial charge in [0.25, 0.3) is 0 Å². The van der Waals surface area contributed by atoms with Gasteiger partial charge in [0.05, 0.1) is 6.10 Å². The van der Waals surface area contributed by atoms with Crippen LogP contribution in [0, 0.1) is 11.8 Å². The lowest BCUT2D eigenvalue weighted by molar-refractivity contribution is -0.131. The highest BCUT2D eigenvalue weighted by Crippen LogP contribution is 2.33. The van der Waals surface area contributed by atoms with Gasteiger partial charge >= 0.3 is 5.97 Å². The summed E-state index contributed by atoms with van der Waals surface area (Å²) in [5, 5.41) is 9.33. The third-order valence-corrected chi connectivity index (χ3v) is 4.46. The molecule has 0 amide bonds. The lowest BCUT2D eigenvalue weighted by Gasteiger charge is -2.32. The number of aliphatic carboxylic acids is 1. The van der Waals surface area contributed by atoms with E-state index < -0.39 is 5.97 Å². The van der Waals surface area contributed by atoms with E-state index in [1.807, 2.05) is 6.07 Å². The van der Waals surface area contributed by atoms with Crippen LogP contribution >= 0.6 is 11.6 Å². The van der Waals surface area contributed by atoms with Crippen molar-refractivity contribution in [3.63, 3.8) is 0 Å². The number of rotatable bonds is 4. The molecule has 1 aliphatic carbocycles. The summed E-state index contributed by atoms with van der Waals surface area (Å²) in [6, 6.07) is 5.31. The van der Waals surface area contributed by atoms with E-state index in [4.69, 9.17) is 21.4 Å². The maximum absolute atomic E-state index is 10.7. The SMILES string of the molecule is CC1CCC(Oc2ccc(Cl)cc2C=CC(=O)O)CC1C. The number of carbonyl (C=O) groups is 1. The highest BCUT2D eigenvalue weighted by molar-refractivity contribution is 6.30. The first-order valence-electron chi connectivity index (χ1n) is 7.33. The first-order chi connectivity index (χ1) is 9.95. The van der Waals surface area contributed by atoms with Crippen LogP contribution in [0.5, 0.6) is 5.75 Å². The summed E-state index contributed by atoms with van der Waals surface area (Å²) in [5.41, 5.74) is 0.705. The molecule has 21 heavy (non-hydrogen) atoms. The highest BCUT2D eigenvalue weighted by atomic mass is 35.5. The normalized spacial score (nSPS) is 26.0. The van der Waals surface area contributed by atoms with Crippen LogP contribution in [0.25, 0.3) is 6.08 Å². The van der Waals surface area contributed by atoms with Gasteiger partial charge < -0.3 is 9.84 Å². The van der Waals surface area contributed by atoms with E-state index in [2.05, 4.69) is 13.8 Å². The monoisotopic (exact) mass is 308 g/mol. The molecule has 3 atom stereocenters. The van der Waals surface area contributed by atoms with Crippen molar-refractivity contribution in [2.45, 2.75) is 39.2 Å². The van der Waals surface area contributed by atoms with Crippen LogP contribution in [0.2, 0.25) is 5.02 Å². The molecule has 0 aliphatic heterocycles. The minimum absolute atomic E-state index is 0.189. The molecule has 1 aliphatic rings. The fourth-order valence-corrected chi connectivity index (χ4v) is 2.88. The molecule has 3 unspecified atom stereocenters. The van der Waals surface area contributed by atoms with Gasteiger partial charge in [0.2, 0.25) is 0 Å². The van der Waals surface area contributed by atoms with Crippen molar-refractivity contribution < 1.29 is 14.6 Å². The van der Waals surface area contributed by atoms with Gasteiger partial charge in [-0.25, -0.2) is 4.79 Å². The third kappa shape index (κ3) is 4.50. The smallest absolute Gasteiger partial charge is 0.328 e. The molecular formula is C17H21ClO3. The fourth-order valence-electron chi connectivity index (χ4n) is 2.70. The van der Waals surface area contributed by atoms with Gasteiger partial charge in [-0.05, 0) is 55.4 Å². The van der Waals surface area contributed by atoms with E-state index in [-0.39, 0.29) is 6.10 Å². The number of hydrogen-bond acceptors (Lipinski definition) is 2. The number of hydrogen-bond donors (Lipinski definition) is 1. The Balaban J connectivity index is 2.14. The zero-order chi connectivity index (χ0) is 15.4. The summed E-state index contributed by atoms with van der Waals surface area (Å²) in [4.78, 5) is 10.7. The molecule has 1 fully saturated rings. The molecule has 0 heterocycles. The maximum Gasteiger partial charge on any atom is 0.328 e. The molecule has 3 nitrogen and oxygen atoms in total. The number of carboxylic acids is 1. The topological polar surface area (TPSA) is 46.5 Å². The van der Waals surface area contributed by atoms with Gasteiger partial charge in [-0.2, -0.15) is 0 Å². The first kappa shape index (κ1) is 15.9. The van der Waals surface area contributed by atoms with Crippen molar-refractivity contribution in [1.82, 2.24) is 0 Å². The Labute approximate surface area is 130 Å². The molecule has 1 N–H and O–H groups in total. The molecule has 1 saturated carbocycles. The van der Waals surface area contributed by atoms with Gasteiger partial charge in [0.15, 0.2) is 0 Å². The zero-order valence-electron chi connectivity index (χ0n) is 12.4. The Morgan fingerprint density at radius 2 is 2.10 bits per heavy atom. The lowest BCUT2D eigenvalue weighted by atomic mass is 9.80. The lowest BCUT2D eigenvalue weighted by Crippen LogP contribution is -2.28. The molecule has 1 aromatic carbocycles. The number of ether oxygens (including phenoxy) is 1. The molecule has 4 heteroatoms. The number of benzene rings is 1. The van der Waals surface area contributed by atoms with E-state index in [9.17, 15) is 4.79 Å². The van der Waals surface area contributed by atoms with Crippen molar-refractivity contribution in [1.29, 1.82) is 0 Å². The molecule has 0 radical (unpaired) electrons. The van der Waals surface area contributed by atoms with Crippen LogP contribution in [0.15, 0.2) is 24.3 Å². The first-order valence-corrected chi connectivity index (χ1v) is 7.70. The van der Waals surface area contributed by atoms with Crippen molar-refractivity contribution in [3.8, 4) is 5.75 Å². The second kappa shape index (κ2) is 6.99. The van der Waals surface area contributed by atoms with E-state index in [0.717, 1.165) is 24.8 Å². The minimum atomic E-state index is -0.985. The van der Waals surface area contributed by atoms with Crippen LogP contribution in [0.1, 0.15) is 38.7 Å². The molecule has 0 saturated heterocycles. The number of carboxylic acid groups (broad SMARTS) is 1. The predicted molar refractivity (Wildman–Crippen MR) is 84.7 cm³/mol. The standard InChI is InChI=1S/C17H21ClO3/c1-11-3-6-15(9-12(11)2)21-16-7-5-14(18)10-13(16)4-8-17(19)20/h4-5,7-8,10-12,15H,3,6,9H2,1-2H3,(H,19,20). The fraction of sp³-hybridized carbons (Fsp3) is 0.471. The van der Waals surface area contributed by atoms with Gasteiger partial charge in [-0.1, -0.05) is 25.4 Å². The number of halogens is 1. The van der Waals surface area contributed by atoms with Crippen LogP contribution in [-0.2, 0) is 4.79 Å². The Hall–Kier alpha value is -1.48. The van der Waals surface area contributed by atoms with Crippen molar-refractivity contribution in [2.75, 3.05) is 0 Å². The second-order valence-corrected chi connectivity index (χ2v) is 6.30. The summed E-state index contributed by atoms with van der Waals surface area (Å²) in [7, 11) is 0. The molecule has 0 bridgehead atoms. The van der Waals surface area contributed by atoms with E-state index in [1.165, 1.54) is 12.5 Å². The van der Waals surface area contributed by atoms with E-state index in [1.54, 1.807) is 12.1 Å². The van der Waals surface area contributed by atoms with Crippen LogP contribution < -0.4 is 4.74 Å². The summed E-state index contributed by atoms with van der Waals surface area (Å²) < 4.78 is 6.09. The van der Waals surface area contributed by atoms with Crippen LogP contribution in [0.3, 0.4) is 0 Å². The maximum atomic E-state index is 10.7. The third-order valence-electron chi connectivity index (χ3n) is 4.22. The molecule has 2 rings (SSSR count). The highest BCUT2D eigenvalue weighted by Gasteiger charge is 2.26. The van der Waals surface area contributed by atoms with Crippen LogP contribution in [-0.4, -0.2) is 17.2 Å². The predicted octanol–water partition coefficient (Wildman–Crippen LogP) is 4.64. The van der Waals surface area contributed by atoms with Crippen molar-refractivity contribution >= 4 is 23.6 Å². The van der Waals surface area contributed by atoms with E-state index >= 15 is 0 Å². The minimum Gasteiger partial charge on any atom is -0.490 e. The quantitative estimate of drug-likeness (QED) is 0.824. The van der Waals surface area contributed by atoms with Gasteiger partial charge in [0.1, 0.15) is 5.75 Å². The molecular weight excluding hydrogens is 288 g/mol. The summed E-state index contributed by atoms with van der Waals surface area (Å²) in [5.74, 6) is 1.10. The van der Waals surface area contributed by atoms with Gasteiger partial charge in [-0.15, -0.1) is 0 Å². The summed E-state index contributed by atoms with van der Waals surface area (Å²) >= 11 is 5.98. The molecule has 114 valence electrons. The Morgan fingerprint density at radius 1 is 1.33 bits per heavy atom. The Bertz CT molecular complexity index is 539. The average Bonchev–Trinajstić information content (AvgIpc) is 2.43.